The molecule has 3 N–H and O–H groups in total. The number of rotatable bonds is 6. The van der Waals surface area contributed by atoms with Gasteiger partial charge in [0, 0.05) is 6.42 Å². The molecule has 2 aliphatic heterocycles. The van der Waals surface area contributed by atoms with Crippen molar-refractivity contribution in [3.8, 4) is 0 Å². The number of hydrazine groups is 1. The minimum atomic E-state index is -0.149. The minimum Gasteiger partial charge on any atom is -0.370 e. The van der Waals surface area contributed by atoms with Gasteiger partial charge in [0.25, 0.3) is 0 Å². The molecule has 2 heterocycles. The average Bonchev–Trinajstić information content (AvgIpc) is 2.65. The second kappa shape index (κ2) is 8.82. The van der Waals surface area contributed by atoms with Crippen LogP contribution in [0.3, 0.4) is 0 Å². The molecule has 1 fully saturated rings. The number of hydrogen-bond donors (Lipinski definition) is 3. The number of nitrogens with zero attached hydrogens (tertiary/aromatic N) is 1. The SMILES string of the molecule is Cc1ccc(C2=CCC(=O)N(CC(=O)NCC[NH+]3CCOCC3)N2)cc1. The number of ether oxygens (including phenoxy) is 1. The molecule has 0 bridgehead atoms. The smallest absolute Gasteiger partial charge is 0.245 e. The Morgan fingerprint density at radius 3 is 2.73 bits per heavy atom. The van der Waals surface area contributed by atoms with E-state index in [1.165, 1.54) is 15.5 Å². The third kappa shape index (κ3) is 5.06. The van der Waals surface area contributed by atoms with Crippen LogP contribution in [0.25, 0.3) is 5.70 Å². The molecule has 0 spiro atoms. The van der Waals surface area contributed by atoms with E-state index in [0.717, 1.165) is 44.1 Å². The van der Waals surface area contributed by atoms with Gasteiger partial charge in [-0.3, -0.25) is 15.0 Å². The average molecular weight is 359 g/mol. The third-order valence-electron chi connectivity index (χ3n) is 4.70. The van der Waals surface area contributed by atoms with Gasteiger partial charge in [0.05, 0.1) is 32.0 Å². The van der Waals surface area contributed by atoms with E-state index >= 15 is 0 Å². The summed E-state index contributed by atoms with van der Waals surface area (Å²) in [4.78, 5) is 25.7. The maximum absolute atomic E-state index is 12.2. The second-order valence-corrected chi connectivity index (χ2v) is 6.74. The molecule has 140 valence electrons. The number of hydrogen-bond acceptors (Lipinski definition) is 4. The molecular formula is C19H27N4O3+. The molecule has 0 unspecified atom stereocenters. The summed E-state index contributed by atoms with van der Waals surface area (Å²) in [5, 5.41) is 4.30. The number of benzene rings is 1. The normalized spacial score (nSPS) is 18.3. The van der Waals surface area contributed by atoms with Gasteiger partial charge in [0.15, 0.2) is 0 Å². The van der Waals surface area contributed by atoms with E-state index in [1.807, 2.05) is 37.3 Å². The quantitative estimate of drug-likeness (QED) is 0.616. The second-order valence-electron chi connectivity index (χ2n) is 6.74. The molecular weight excluding hydrogens is 332 g/mol. The van der Waals surface area contributed by atoms with Crippen LogP contribution in [0.2, 0.25) is 0 Å². The van der Waals surface area contributed by atoms with Crippen LogP contribution in [-0.2, 0) is 14.3 Å². The highest BCUT2D eigenvalue weighted by Crippen LogP contribution is 2.17. The molecule has 2 aliphatic rings. The predicted molar refractivity (Wildman–Crippen MR) is 98.0 cm³/mol. The maximum atomic E-state index is 12.2. The monoisotopic (exact) mass is 359 g/mol. The summed E-state index contributed by atoms with van der Waals surface area (Å²) in [7, 11) is 0. The molecule has 1 saturated heterocycles. The molecule has 0 saturated carbocycles. The maximum Gasteiger partial charge on any atom is 0.245 e. The summed E-state index contributed by atoms with van der Waals surface area (Å²) in [6.07, 6.45) is 2.16. The zero-order valence-corrected chi connectivity index (χ0v) is 15.2. The number of carbonyl (C=O) groups excluding carboxylic acids is 2. The Kier molecular flexibility index (Phi) is 6.25. The molecule has 26 heavy (non-hydrogen) atoms. The van der Waals surface area contributed by atoms with Crippen molar-refractivity contribution < 1.29 is 19.2 Å². The molecule has 3 rings (SSSR count). The van der Waals surface area contributed by atoms with Crippen molar-refractivity contribution >= 4 is 17.5 Å². The van der Waals surface area contributed by atoms with E-state index in [0.29, 0.717) is 13.0 Å². The van der Waals surface area contributed by atoms with Crippen LogP contribution in [0.4, 0.5) is 0 Å². The van der Waals surface area contributed by atoms with Crippen molar-refractivity contribution in [3.63, 3.8) is 0 Å². The lowest BCUT2D eigenvalue weighted by molar-refractivity contribution is -0.906. The van der Waals surface area contributed by atoms with Gasteiger partial charge in [-0.1, -0.05) is 29.8 Å². The number of quaternary nitrogens is 1. The highest BCUT2D eigenvalue weighted by molar-refractivity contribution is 5.88. The van der Waals surface area contributed by atoms with Crippen LogP contribution in [0.5, 0.6) is 0 Å². The number of morpholine rings is 1. The van der Waals surface area contributed by atoms with Crippen molar-refractivity contribution in [1.29, 1.82) is 0 Å². The molecule has 0 aromatic heterocycles. The van der Waals surface area contributed by atoms with Crippen molar-refractivity contribution in [2.45, 2.75) is 13.3 Å². The third-order valence-corrected chi connectivity index (χ3v) is 4.70. The first kappa shape index (κ1) is 18.4. The Bertz CT molecular complexity index is 666. The Morgan fingerprint density at radius 1 is 1.27 bits per heavy atom. The lowest BCUT2D eigenvalue weighted by Gasteiger charge is -2.29. The largest absolute Gasteiger partial charge is 0.370 e. The van der Waals surface area contributed by atoms with Crippen molar-refractivity contribution in [1.82, 2.24) is 15.8 Å². The van der Waals surface area contributed by atoms with E-state index in [-0.39, 0.29) is 18.4 Å². The van der Waals surface area contributed by atoms with Crippen LogP contribution in [0.1, 0.15) is 17.5 Å². The zero-order chi connectivity index (χ0) is 18.4. The van der Waals surface area contributed by atoms with Crippen LogP contribution in [0.15, 0.2) is 30.3 Å². The minimum absolute atomic E-state index is 0.0144. The summed E-state index contributed by atoms with van der Waals surface area (Å²) < 4.78 is 5.33. The van der Waals surface area contributed by atoms with Gasteiger partial charge in [0.2, 0.25) is 11.8 Å². The van der Waals surface area contributed by atoms with E-state index in [4.69, 9.17) is 4.74 Å². The number of aryl methyl sites for hydroxylation is 1. The fourth-order valence-electron chi connectivity index (χ4n) is 3.08. The topological polar surface area (TPSA) is 75.1 Å². The van der Waals surface area contributed by atoms with Gasteiger partial charge in [-0.15, -0.1) is 0 Å². The molecule has 2 amide bonds. The lowest BCUT2D eigenvalue weighted by Crippen LogP contribution is -3.14. The fourth-order valence-corrected chi connectivity index (χ4v) is 3.08. The van der Waals surface area contributed by atoms with Crippen molar-refractivity contribution in [3.05, 3.63) is 41.5 Å². The first-order valence-electron chi connectivity index (χ1n) is 9.14. The number of carbonyl (C=O) groups is 2. The molecule has 7 heteroatoms. The number of amides is 2. The van der Waals surface area contributed by atoms with E-state index in [1.54, 1.807) is 0 Å². The molecule has 1 aromatic rings. The summed E-state index contributed by atoms with van der Waals surface area (Å²) >= 11 is 0. The van der Waals surface area contributed by atoms with E-state index < -0.39 is 0 Å². The molecule has 7 nitrogen and oxygen atoms in total. The van der Waals surface area contributed by atoms with Gasteiger partial charge in [0.1, 0.15) is 19.6 Å². The van der Waals surface area contributed by atoms with Gasteiger partial charge >= 0.3 is 0 Å². The van der Waals surface area contributed by atoms with Gasteiger partial charge in [-0.25, -0.2) is 5.01 Å². The summed E-state index contributed by atoms with van der Waals surface area (Å²) in [5.74, 6) is -0.251. The van der Waals surface area contributed by atoms with E-state index in [9.17, 15) is 9.59 Å². The number of nitrogens with one attached hydrogen (secondary N) is 3. The Balaban J connectivity index is 1.47. The molecule has 0 atom stereocenters. The first-order chi connectivity index (χ1) is 12.6. The highest BCUT2D eigenvalue weighted by Gasteiger charge is 2.22. The Morgan fingerprint density at radius 2 is 2.00 bits per heavy atom. The standard InChI is InChI=1S/C19H26N4O3/c1-15-2-4-16(5-3-15)17-6-7-19(25)23(21-17)14-18(24)20-8-9-22-10-12-26-13-11-22/h2-6,21H,7-14H2,1H3,(H,20,24)/p+1. The van der Waals surface area contributed by atoms with Gasteiger partial charge in [-0.05, 0) is 18.6 Å². The highest BCUT2D eigenvalue weighted by atomic mass is 16.5. The predicted octanol–water partition coefficient (Wildman–Crippen LogP) is -0.896. The molecule has 0 radical (unpaired) electrons. The fraction of sp³-hybridized carbons (Fsp3) is 0.474. The molecule has 0 aliphatic carbocycles. The summed E-state index contributed by atoms with van der Waals surface area (Å²) in [5.41, 5.74) is 6.11. The zero-order valence-electron chi connectivity index (χ0n) is 15.2. The van der Waals surface area contributed by atoms with Crippen LogP contribution >= 0.6 is 0 Å². The van der Waals surface area contributed by atoms with Crippen LogP contribution in [0, 0.1) is 6.92 Å². The van der Waals surface area contributed by atoms with E-state index in [2.05, 4.69) is 10.7 Å². The molecule has 1 aromatic carbocycles. The Labute approximate surface area is 154 Å². The summed E-state index contributed by atoms with van der Waals surface area (Å²) in [6, 6.07) is 8.07. The van der Waals surface area contributed by atoms with Crippen molar-refractivity contribution in [2.24, 2.45) is 0 Å². The lowest BCUT2D eigenvalue weighted by atomic mass is 10.1. The first-order valence-corrected chi connectivity index (χ1v) is 9.14. The van der Waals surface area contributed by atoms with Crippen molar-refractivity contribution in [2.75, 3.05) is 45.9 Å². The Hall–Kier alpha value is -2.38. The van der Waals surface area contributed by atoms with Gasteiger partial charge < -0.3 is 15.0 Å². The van der Waals surface area contributed by atoms with Crippen LogP contribution < -0.4 is 15.6 Å². The van der Waals surface area contributed by atoms with Gasteiger partial charge in [-0.2, -0.15) is 0 Å². The summed E-state index contributed by atoms with van der Waals surface area (Å²) in [6.45, 7) is 7.06. The van der Waals surface area contributed by atoms with Crippen LogP contribution in [-0.4, -0.2) is 62.8 Å².